The molecule has 4 heteroatoms. The number of amides is 1. The molecule has 1 amide bonds. The van der Waals surface area contributed by atoms with Crippen molar-refractivity contribution in [2.45, 2.75) is 39.8 Å². The summed E-state index contributed by atoms with van der Waals surface area (Å²) in [6.07, 6.45) is 0.365. The van der Waals surface area contributed by atoms with Crippen LogP contribution in [0.3, 0.4) is 0 Å². The minimum Gasteiger partial charge on any atom is -0.350 e. The van der Waals surface area contributed by atoms with Crippen LogP contribution in [0.15, 0.2) is 18.2 Å². The number of hydrogen-bond donors (Lipinski definition) is 2. The Morgan fingerprint density at radius 3 is 2.76 bits per heavy atom. The van der Waals surface area contributed by atoms with Crippen LogP contribution in [0.5, 0.6) is 0 Å². The molecule has 0 bridgehead atoms. The first-order valence-corrected chi connectivity index (χ1v) is 5.94. The van der Waals surface area contributed by atoms with Crippen molar-refractivity contribution in [3.8, 4) is 0 Å². The zero-order chi connectivity index (χ0) is 12.8. The summed E-state index contributed by atoms with van der Waals surface area (Å²) in [5, 5.41) is 2.83. The molecule has 0 spiro atoms. The third-order valence-corrected chi connectivity index (χ3v) is 2.69. The van der Waals surface area contributed by atoms with Crippen molar-refractivity contribution in [1.29, 1.82) is 0 Å². The van der Waals surface area contributed by atoms with Gasteiger partial charge in [-0.1, -0.05) is 19.9 Å². The van der Waals surface area contributed by atoms with E-state index in [9.17, 15) is 4.79 Å². The largest absolute Gasteiger partial charge is 0.350 e. The van der Waals surface area contributed by atoms with Gasteiger partial charge in [0.2, 0.25) is 5.91 Å². The minimum atomic E-state index is -0.0829. The normalized spacial score (nSPS) is 12.5. The van der Waals surface area contributed by atoms with E-state index in [1.54, 1.807) is 0 Å². The second kappa shape index (κ2) is 6.35. The SMILES string of the molecule is Cc1cccc(CNC(=O)CC(N)C(C)C)n1. The molecule has 1 heterocycles. The molecule has 0 radical (unpaired) electrons. The molecule has 0 aliphatic carbocycles. The predicted octanol–water partition coefficient (Wildman–Crippen LogP) is 1.38. The average Bonchev–Trinajstić information content (AvgIpc) is 2.26. The van der Waals surface area contributed by atoms with Gasteiger partial charge in [-0.2, -0.15) is 0 Å². The number of aromatic nitrogens is 1. The van der Waals surface area contributed by atoms with Gasteiger partial charge < -0.3 is 11.1 Å². The van der Waals surface area contributed by atoms with Gasteiger partial charge >= 0.3 is 0 Å². The maximum atomic E-state index is 11.6. The maximum absolute atomic E-state index is 11.6. The summed E-state index contributed by atoms with van der Waals surface area (Å²) in [5.41, 5.74) is 7.66. The number of carbonyl (C=O) groups is 1. The van der Waals surface area contributed by atoms with Gasteiger partial charge in [-0.05, 0) is 25.0 Å². The zero-order valence-electron chi connectivity index (χ0n) is 10.7. The van der Waals surface area contributed by atoms with Crippen molar-refractivity contribution in [1.82, 2.24) is 10.3 Å². The second-order valence-corrected chi connectivity index (χ2v) is 4.66. The number of hydrogen-bond acceptors (Lipinski definition) is 3. The Bertz CT molecular complexity index is 377. The summed E-state index contributed by atoms with van der Waals surface area (Å²) in [4.78, 5) is 15.9. The molecule has 4 nitrogen and oxygen atoms in total. The van der Waals surface area contributed by atoms with Crippen molar-refractivity contribution in [2.24, 2.45) is 11.7 Å². The first kappa shape index (κ1) is 13.6. The van der Waals surface area contributed by atoms with Gasteiger partial charge in [0.25, 0.3) is 0 Å². The monoisotopic (exact) mass is 235 g/mol. The minimum absolute atomic E-state index is 0.0190. The van der Waals surface area contributed by atoms with E-state index in [1.165, 1.54) is 0 Å². The number of nitrogens with one attached hydrogen (secondary N) is 1. The molecule has 0 fully saturated rings. The smallest absolute Gasteiger partial charge is 0.221 e. The van der Waals surface area contributed by atoms with E-state index >= 15 is 0 Å². The number of pyridine rings is 1. The van der Waals surface area contributed by atoms with Gasteiger partial charge in [-0.3, -0.25) is 9.78 Å². The van der Waals surface area contributed by atoms with Crippen LogP contribution in [0.2, 0.25) is 0 Å². The molecule has 1 unspecified atom stereocenters. The summed E-state index contributed by atoms with van der Waals surface area (Å²) >= 11 is 0. The maximum Gasteiger partial charge on any atom is 0.221 e. The highest BCUT2D eigenvalue weighted by molar-refractivity contribution is 5.76. The first-order chi connectivity index (χ1) is 7.99. The lowest BCUT2D eigenvalue weighted by molar-refractivity contribution is -0.121. The van der Waals surface area contributed by atoms with Crippen molar-refractivity contribution in [2.75, 3.05) is 0 Å². The predicted molar refractivity (Wildman–Crippen MR) is 68.3 cm³/mol. The van der Waals surface area contributed by atoms with E-state index in [0.29, 0.717) is 18.9 Å². The lowest BCUT2D eigenvalue weighted by Crippen LogP contribution is -2.34. The molecule has 17 heavy (non-hydrogen) atoms. The Labute approximate surface area is 103 Å². The van der Waals surface area contributed by atoms with Gasteiger partial charge in [0, 0.05) is 18.2 Å². The van der Waals surface area contributed by atoms with Gasteiger partial charge in [-0.15, -0.1) is 0 Å². The highest BCUT2D eigenvalue weighted by Gasteiger charge is 2.12. The fourth-order valence-corrected chi connectivity index (χ4v) is 1.41. The summed E-state index contributed by atoms with van der Waals surface area (Å²) in [7, 11) is 0. The Morgan fingerprint density at radius 1 is 1.47 bits per heavy atom. The van der Waals surface area contributed by atoms with Crippen molar-refractivity contribution < 1.29 is 4.79 Å². The molecular weight excluding hydrogens is 214 g/mol. The molecular formula is C13H21N3O. The second-order valence-electron chi connectivity index (χ2n) is 4.66. The van der Waals surface area contributed by atoms with E-state index in [0.717, 1.165) is 11.4 Å². The molecule has 1 rings (SSSR count). The molecule has 94 valence electrons. The summed E-state index contributed by atoms with van der Waals surface area (Å²) < 4.78 is 0. The third kappa shape index (κ3) is 4.95. The first-order valence-electron chi connectivity index (χ1n) is 5.94. The Hall–Kier alpha value is -1.42. The molecule has 0 aliphatic rings. The van der Waals surface area contributed by atoms with Crippen LogP contribution in [-0.4, -0.2) is 16.9 Å². The van der Waals surface area contributed by atoms with E-state index in [-0.39, 0.29) is 11.9 Å². The van der Waals surface area contributed by atoms with Crippen LogP contribution in [0.25, 0.3) is 0 Å². The number of nitrogens with two attached hydrogens (primary N) is 1. The van der Waals surface area contributed by atoms with Gasteiger partial charge in [0.15, 0.2) is 0 Å². The van der Waals surface area contributed by atoms with E-state index in [4.69, 9.17) is 5.73 Å². The number of aryl methyl sites for hydroxylation is 1. The fraction of sp³-hybridized carbons (Fsp3) is 0.538. The third-order valence-electron chi connectivity index (χ3n) is 2.69. The van der Waals surface area contributed by atoms with Crippen molar-refractivity contribution >= 4 is 5.91 Å². The lowest BCUT2D eigenvalue weighted by atomic mass is 10.0. The van der Waals surface area contributed by atoms with Crippen LogP contribution < -0.4 is 11.1 Å². The molecule has 1 aromatic rings. The van der Waals surface area contributed by atoms with Crippen LogP contribution in [0.4, 0.5) is 0 Å². The molecule has 0 aliphatic heterocycles. The van der Waals surface area contributed by atoms with Gasteiger partial charge in [0.05, 0.1) is 12.2 Å². The van der Waals surface area contributed by atoms with Crippen LogP contribution in [0.1, 0.15) is 31.7 Å². The fourth-order valence-electron chi connectivity index (χ4n) is 1.41. The van der Waals surface area contributed by atoms with Crippen molar-refractivity contribution in [3.05, 3.63) is 29.6 Å². The molecule has 0 aromatic carbocycles. The van der Waals surface area contributed by atoms with Gasteiger partial charge in [-0.25, -0.2) is 0 Å². The topological polar surface area (TPSA) is 68.0 Å². The summed E-state index contributed by atoms with van der Waals surface area (Å²) in [6, 6.07) is 5.68. The standard InChI is InChI=1S/C13H21N3O/c1-9(2)12(14)7-13(17)15-8-11-6-4-5-10(3)16-11/h4-6,9,12H,7-8,14H2,1-3H3,(H,15,17). The zero-order valence-corrected chi connectivity index (χ0v) is 10.7. The molecule has 1 aromatic heterocycles. The highest BCUT2D eigenvalue weighted by Crippen LogP contribution is 2.03. The Balaban J connectivity index is 2.38. The molecule has 0 saturated carbocycles. The van der Waals surface area contributed by atoms with Crippen LogP contribution in [0, 0.1) is 12.8 Å². The van der Waals surface area contributed by atoms with Crippen molar-refractivity contribution in [3.63, 3.8) is 0 Å². The number of rotatable bonds is 5. The molecule has 0 saturated heterocycles. The number of carbonyl (C=O) groups excluding carboxylic acids is 1. The number of nitrogens with zero attached hydrogens (tertiary/aromatic N) is 1. The van der Waals surface area contributed by atoms with E-state index in [2.05, 4.69) is 10.3 Å². The summed E-state index contributed by atoms with van der Waals surface area (Å²) in [6.45, 7) is 6.42. The molecule has 3 N–H and O–H groups in total. The Kier molecular flexibility index (Phi) is 5.10. The van der Waals surface area contributed by atoms with Crippen LogP contribution >= 0.6 is 0 Å². The lowest BCUT2D eigenvalue weighted by Gasteiger charge is -2.14. The molecule has 1 atom stereocenters. The summed E-state index contributed by atoms with van der Waals surface area (Å²) in [5.74, 6) is 0.298. The quantitative estimate of drug-likeness (QED) is 0.810. The van der Waals surface area contributed by atoms with E-state index in [1.807, 2.05) is 39.0 Å². The van der Waals surface area contributed by atoms with Crippen LogP contribution in [-0.2, 0) is 11.3 Å². The average molecular weight is 235 g/mol. The van der Waals surface area contributed by atoms with Gasteiger partial charge in [0.1, 0.15) is 0 Å². The Morgan fingerprint density at radius 2 is 2.18 bits per heavy atom. The highest BCUT2D eigenvalue weighted by atomic mass is 16.1. The van der Waals surface area contributed by atoms with E-state index < -0.39 is 0 Å².